The summed E-state index contributed by atoms with van der Waals surface area (Å²) < 4.78 is 43.4. The lowest BCUT2D eigenvalue weighted by Crippen LogP contribution is -2.25. The lowest BCUT2D eigenvalue weighted by Gasteiger charge is -2.12. The quantitative estimate of drug-likeness (QED) is 0.522. The first kappa shape index (κ1) is 17.5. The molecule has 3 aromatic rings. The normalized spacial score (nSPS) is 11.7. The Labute approximate surface area is 143 Å². The topological polar surface area (TPSA) is 91.7 Å². The van der Waals surface area contributed by atoms with E-state index in [4.69, 9.17) is 0 Å². The fourth-order valence-electron chi connectivity index (χ4n) is 2.50. The molecule has 2 heterocycles. The maximum atomic E-state index is 12.5. The number of rotatable bonds is 4. The standard InChI is InChI=1S/C15H11F3N4O4/c1-9-6-20-8-12(22(24)25)19-13(20)14(23)21(9)7-10-3-2-4-11(5-10)26-15(16,17)18/h2-6,8H,7H2,1H3. The molecule has 0 saturated carbocycles. The lowest BCUT2D eigenvalue weighted by molar-refractivity contribution is -0.389. The Hall–Kier alpha value is -3.37. The summed E-state index contributed by atoms with van der Waals surface area (Å²) in [7, 11) is 0. The Bertz CT molecular complexity index is 1060. The van der Waals surface area contributed by atoms with Gasteiger partial charge in [-0.05, 0) is 34.5 Å². The van der Waals surface area contributed by atoms with Gasteiger partial charge in [-0.2, -0.15) is 0 Å². The van der Waals surface area contributed by atoms with Crippen molar-refractivity contribution in [3.63, 3.8) is 0 Å². The van der Waals surface area contributed by atoms with Gasteiger partial charge in [0, 0.05) is 11.9 Å². The van der Waals surface area contributed by atoms with Crippen LogP contribution in [0.25, 0.3) is 5.65 Å². The van der Waals surface area contributed by atoms with Crippen molar-refractivity contribution in [1.29, 1.82) is 0 Å². The molecule has 0 aliphatic heterocycles. The molecule has 11 heteroatoms. The molecule has 0 fully saturated rings. The molecule has 0 aliphatic rings. The van der Waals surface area contributed by atoms with Crippen molar-refractivity contribution in [2.24, 2.45) is 0 Å². The average molecular weight is 368 g/mol. The number of nitrogens with zero attached hydrogens (tertiary/aromatic N) is 4. The zero-order valence-corrected chi connectivity index (χ0v) is 13.2. The fourth-order valence-corrected chi connectivity index (χ4v) is 2.50. The van der Waals surface area contributed by atoms with Gasteiger partial charge in [0.2, 0.25) is 0 Å². The van der Waals surface area contributed by atoms with Crippen LogP contribution in [0.15, 0.2) is 41.5 Å². The Morgan fingerprint density at radius 3 is 2.69 bits per heavy atom. The molecule has 26 heavy (non-hydrogen) atoms. The van der Waals surface area contributed by atoms with E-state index in [1.165, 1.54) is 27.3 Å². The third-order valence-corrected chi connectivity index (χ3v) is 3.57. The van der Waals surface area contributed by atoms with Crippen molar-refractivity contribution in [2.45, 2.75) is 19.8 Å². The van der Waals surface area contributed by atoms with Crippen LogP contribution >= 0.6 is 0 Å². The van der Waals surface area contributed by atoms with Gasteiger partial charge in [0.15, 0.2) is 0 Å². The molecule has 8 nitrogen and oxygen atoms in total. The highest BCUT2D eigenvalue weighted by atomic mass is 19.4. The summed E-state index contributed by atoms with van der Waals surface area (Å²) in [5.74, 6) is -0.877. The van der Waals surface area contributed by atoms with Crippen LogP contribution in [0.5, 0.6) is 5.75 Å². The van der Waals surface area contributed by atoms with Crippen molar-refractivity contribution in [3.05, 3.63) is 68.4 Å². The van der Waals surface area contributed by atoms with E-state index in [0.29, 0.717) is 11.3 Å². The van der Waals surface area contributed by atoms with Crippen LogP contribution in [0.2, 0.25) is 0 Å². The van der Waals surface area contributed by atoms with Gasteiger partial charge in [-0.15, -0.1) is 13.2 Å². The molecule has 0 bridgehead atoms. The van der Waals surface area contributed by atoms with Crippen LogP contribution in [0.3, 0.4) is 0 Å². The third-order valence-electron chi connectivity index (χ3n) is 3.57. The number of halogens is 3. The number of hydrogen-bond acceptors (Lipinski definition) is 5. The molecule has 0 saturated heterocycles. The van der Waals surface area contributed by atoms with Gasteiger partial charge in [-0.25, -0.2) is 0 Å². The van der Waals surface area contributed by atoms with Gasteiger partial charge in [0.05, 0.1) is 6.54 Å². The molecule has 136 valence electrons. The third kappa shape index (κ3) is 3.50. The summed E-state index contributed by atoms with van der Waals surface area (Å²) in [6, 6.07) is 5.22. The van der Waals surface area contributed by atoms with Crippen molar-refractivity contribution in [1.82, 2.24) is 14.0 Å². The summed E-state index contributed by atoms with van der Waals surface area (Å²) in [6.45, 7) is 1.56. The highest BCUT2D eigenvalue weighted by molar-refractivity contribution is 5.42. The Morgan fingerprint density at radius 1 is 1.31 bits per heavy atom. The highest BCUT2D eigenvalue weighted by Crippen LogP contribution is 2.23. The summed E-state index contributed by atoms with van der Waals surface area (Å²) in [5.41, 5.74) is 0.101. The van der Waals surface area contributed by atoms with Crippen molar-refractivity contribution in [2.75, 3.05) is 0 Å². The van der Waals surface area contributed by atoms with Crippen molar-refractivity contribution < 1.29 is 22.8 Å². The summed E-state index contributed by atoms with van der Waals surface area (Å²) in [6.07, 6.45) is -2.22. The number of imidazole rings is 1. The maximum Gasteiger partial charge on any atom is 0.573 e. The van der Waals surface area contributed by atoms with E-state index in [2.05, 4.69) is 9.72 Å². The molecule has 0 N–H and O–H groups in total. The van der Waals surface area contributed by atoms with Gasteiger partial charge in [0.1, 0.15) is 11.9 Å². The van der Waals surface area contributed by atoms with Gasteiger partial charge in [-0.3, -0.25) is 9.20 Å². The van der Waals surface area contributed by atoms with E-state index >= 15 is 0 Å². The van der Waals surface area contributed by atoms with Crippen LogP contribution in [0, 0.1) is 17.0 Å². The zero-order valence-electron chi connectivity index (χ0n) is 13.2. The maximum absolute atomic E-state index is 12.5. The molecule has 0 unspecified atom stereocenters. The van der Waals surface area contributed by atoms with E-state index in [0.717, 1.165) is 18.3 Å². The van der Waals surface area contributed by atoms with Crippen LogP contribution < -0.4 is 10.3 Å². The zero-order chi connectivity index (χ0) is 19.1. The fraction of sp³-hybridized carbons (Fsp3) is 0.200. The van der Waals surface area contributed by atoms with E-state index in [9.17, 15) is 28.1 Å². The minimum absolute atomic E-state index is 0.0448. The minimum Gasteiger partial charge on any atom is -0.406 e. The molecule has 2 aromatic heterocycles. The number of benzene rings is 1. The molecule has 1 aromatic carbocycles. The smallest absolute Gasteiger partial charge is 0.406 e. The predicted octanol–water partition coefficient (Wildman–Crippen LogP) is 2.66. The SMILES string of the molecule is Cc1cn2cc([N+](=O)[O-])nc2c(=O)n1Cc1cccc(OC(F)(F)F)c1. The molecule has 0 aliphatic carbocycles. The van der Waals surface area contributed by atoms with E-state index < -0.39 is 28.4 Å². The average Bonchev–Trinajstić information content (AvgIpc) is 2.94. The monoisotopic (exact) mass is 368 g/mol. The van der Waals surface area contributed by atoms with Gasteiger partial charge in [0.25, 0.3) is 0 Å². The molecule has 3 rings (SSSR count). The first-order chi connectivity index (χ1) is 12.1. The van der Waals surface area contributed by atoms with Crippen molar-refractivity contribution in [3.8, 4) is 5.75 Å². The Balaban J connectivity index is 2.00. The molecule has 0 radical (unpaired) electrons. The second-order valence-corrected chi connectivity index (χ2v) is 5.44. The predicted molar refractivity (Wildman–Crippen MR) is 83.1 cm³/mol. The number of aromatic nitrogens is 3. The van der Waals surface area contributed by atoms with Gasteiger partial charge < -0.3 is 19.4 Å². The van der Waals surface area contributed by atoms with E-state index in [-0.39, 0.29) is 12.2 Å². The summed E-state index contributed by atoms with van der Waals surface area (Å²) >= 11 is 0. The van der Waals surface area contributed by atoms with Crippen LogP contribution in [-0.4, -0.2) is 25.2 Å². The van der Waals surface area contributed by atoms with E-state index in [1.807, 2.05) is 0 Å². The number of alkyl halides is 3. The number of ether oxygens (including phenoxy) is 1. The number of hydrogen-bond donors (Lipinski definition) is 0. The Kier molecular flexibility index (Phi) is 4.14. The van der Waals surface area contributed by atoms with Crippen LogP contribution in [0.4, 0.5) is 19.0 Å². The minimum atomic E-state index is -4.82. The molecular formula is C15H11F3N4O4. The lowest BCUT2D eigenvalue weighted by atomic mass is 10.2. The molecule has 0 atom stereocenters. The summed E-state index contributed by atoms with van der Waals surface area (Å²) in [4.78, 5) is 26.3. The number of aryl methyl sites for hydroxylation is 1. The van der Waals surface area contributed by atoms with Crippen LogP contribution in [0.1, 0.15) is 11.3 Å². The largest absolute Gasteiger partial charge is 0.573 e. The number of fused-ring (bicyclic) bond motifs is 1. The first-order valence-corrected chi connectivity index (χ1v) is 7.22. The van der Waals surface area contributed by atoms with Crippen LogP contribution in [-0.2, 0) is 6.54 Å². The highest BCUT2D eigenvalue weighted by Gasteiger charge is 2.31. The first-order valence-electron chi connectivity index (χ1n) is 7.22. The van der Waals surface area contributed by atoms with Gasteiger partial charge >= 0.3 is 23.4 Å². The van der Waals surface area contributed by atoms with Crippen molar-refractivity contribution >= 4 is 11.5 Å². The summed E-state index contributed by atoms with van der Waals surface area (Å²) in [5, 5.41) is 10.8. The van der Waals surface area contributed by atoms with Gasteiger partial charge in [-0.1, -0.05) is 12.1 Å². The Morgan fingerprint density at radius 2 is 2.04 bits per heavy atom. The molecular weight excluding hydrogens is 357 g/mol. The molecule has 0 amide bonds. The second-order valence-electron chi connectivity index (χ2n) is 5.44. The second kappa shape index (κ2) is 6.17. The molecule has 0 spiro atoms. The van der Waals surface area contributed by atoms with E-state index in [1.54, 1.807) is 6.92 Å². The number of nitro groups is 1.